The van der Waals surface area contributed by atoms with Crippen molar-refractivity contribution in [2.75, 3.05) is 57.2 Å². The number of fused-ring (bicyclic) bond motifs is 1. The molecule has 8 nitrogen and oxygen atoms in total. The van der Waals surface area contributed by atoms with Crippen molar-refractivity contribution in [2.45, 2.75) is 0 Å². The Morgan fingerprint density at radius 2 is 1.91 bits per heavy atom. The van der Waals surface area contributed by atoms with E-state index in [0.29, 0.717) is 54.2 Å². The van der Waals surface area contributed by atoms with Crippen molar-refractivity contribution in [1.82, 2.24) is 4.98 Å². The number of aromatic amines is 1. The Bertz CT molecular complexity index is 1140. The summed E-state index contributed by atoms with van der Waals surface area (Å²) in [5, 5.41) is 3.57. The second-order valence-corrected chi connectivity index (χ2v) is 7.69. The number of methoxy groups -OCH3 is 2. The standard InChI is InChI=1S/C23H25FN4O4/c1-31-15-7-8-16-18(13-15)25-22(23(30)32-2)21(16)26-20(29)14-27-9-11-28(12-10-27)19-6-4-3-5-17(19)24/h3-8,13,25H,9-12,14H2,1-2H3,(H,26,29)/p+1. The Hall–Kier alpha value is -3.59. The predicted octanol–water partition coefficient (Wildman–Crippen LogP) is 1.45. The molecule has 0 radical (unpaired) electrons. The van der Waals surface area contributed by atoms with Gasteiger partial charge in [0.05, 0.1) is 57.3 Å². The normalized spacial score (nSPS) is 14.4. The number of hydrogen-bond donors (Lipinski definition) is 3. The van der Waals surface area contributed by atoms with Gasteiger partial charge in [-0.1, -0.05) is 12.1 Å². The maximum Gasteiger partial charge on any atom is 0.356 e. The van der Waals surface area contributed by atoms with E-state index in [1.165, 1.54) is 13.2 Å². The zero-order valence-corrected chi connectivity index (χ0v) is 18.0. The van der Waals surface area contributed by atoms with Crippen LogP contribution >= 0.6 is 0 Å². The van der Waals surface area contributed by atoms with Crippen molar-refractivity contribution in [3.8, 4) is 5.75 Å². The molecular formula is C23H26FN4O4+. The van der Waals surface area contributed by atoms with Gasteiger partial charge in [-0.2, -0.15) is 0 Å². The Kier molecular flexibility index (Phi) is 6.27. The van der Waals surface area contributed by atoms with Crippen molar-refractivity contribution in [2.24, 2.45) is 0 Å². The van der Waals surface area contributed by atoms with Crippen molar-refractivity contribution >= 4 is 34.2 Å². The van der Waals surface area contributed by atoms with E-state index in [0.717, 1.165) is 4.90 Å². The van der Waals surface area contributed by atoms with E-state index in [1.807, 2.05) is 11.0 Å². The molecule has 2 aromatic carbocycles. The molecule has 1 amide bonds. The van der Waals surface area contributed by atoms with E-state index in [1.54, 1.807) is 37.4 Å². The van der Waals surface area contributed by atoms with Gasteiger partial charge >= 0.3 is 5.97 Å². The van der Waals surface area contributed by atoms with Crippen molar-refractivity contribution < 1.29 is 28.4 Å². The number of hydrogen-bond acceptors (Lipinski definition) is 5. The molecule has 4 rings (SSSR count). The molecule has 0 bridgehead atoms. The Morgan fingerprint density at radius 1 is 1.16 bits per heavy atom. The predicted molar refractivity (Wildman–Crippen MR) is 119 cm³/mol. The fourth-order valence-corrected chi connectivity index (χ4v) is 4.05. The Balaban J connectivity index is 1.44. The van der Waals surface area contributed by atoms with Gasteiger partial charge in [0.2, 0.25) is 0 Å². The highest BCUT2D eigenvalue weighted by atomic mass is 19.1. The maximum atomic E-state index is 14.0. The third kappa shape index (κ3) is 4.38. The number of esters is 1. The van der Waals surface area contributed by atoms with Gasteiger partial charge in [0, 0.05) is 11.5 Å². The number of carbonyl (C=O) groups is 2. The zero-order chi connectivity index (χ0) is 22.7. The van der Waals surface area contributed by atoms with E-state index in [2.05, 4.69) is 10.3 Å². The van der Waals surface area contributed by atoms with Gasteiger partial charge in [-0.25, -0.2) is 9.18 Å². The number of anilines is 2. The first-order valence-corrected chi connectivity index (χ1v) is 10.4. The second kappa shape index (κ2) is 9.27. The third-order valence-corrected chi connectivity index (χ3v) is 5.73. The molecule has 0 aliphatic carbocycles. The van der Waals surface area contributed by atoms with Gasteiger partial charge in [-0.15, -0.1) is 0 Å². The molecular weight excluding hydrogens is 415 g/mol. The molecule has 1 fully saturated rings. The number of carbonyl (C=O) groups excluding carboxylic acids is 2. The summed E-state index contributed by atoms with van der Waals surface area (Å²) in [6.07, 6.45) is 0. The molecule has 168 valence electrons. The highest BCUT2D eigenvalue weighted by Gasteiger charge is 2.26. The van der Waals surface area contributed by atoms with E-state index < -0.39 is 5.97 Å². The van der Waals surface area contributed by atoms with Gasteiger partial charge in [-0.3, -0.25) is 4.79 Å². The molecule has 0 unspecified atom stereocenters. The van der Waals surface area contributed by atoms with Crippen LogP contribution in [0.2, 0.25) is 0 Å². The molecule has 2 heterocycles. The average molecular weight is 441 g/mol. The molecule has 1 saturated heterocycles. The van der Waals surface area contributed by atoms with E-state index in [4.69, 9.17) is 9.47 Å². The van der Waals surface area contributed by atoms with Crippen LogP contribution in [-0.2, 0) is 9.53 Å². The van der Waals surface area contributed by atoms with Crippen LogP contribution in [0.3, 0.4) is 0 Å². The van der Waals surface area contributed by atoms with Crippen LogP contribution < -0.4 is 19.9 Å². The first kappa shape index (κ1) is 21.6. The average Bonchev–Trinajstić information content (AvgIpc) is 3.16. The number of piperazine rings is 1. The fraction of sp³-hybridized carbons (Fsp3) is 0.304. The van der Waals surface area contributed by atoms with E-state index in [-0.39, 0.29) is 24.0 Å². The molecule has 0 atom stereocenters. The lowest BCUT2D eigenvalue weighted by atomic mass is 10.2. The number of H-pyrrole nitrogens is 1. The molecule has 9 heteroatoms. The van der Waals surface area contributed by atoms with Crippen LogP contribution in [0.5, 0.6) is 5.75 Å². The number of quaternary nitrogens is 1. The number of para-hydroxylation sites is 1. The van der Waals surface area contributed by atoms with Crippen LogP contribution in [0, 0.1) is 5.82 Å². The third-order valence-electron chi connectivity index (χ3n) is 5.73. The monoisotopic (exact) mass is 441 g/mol. The first-order chi connectivity index (χ1) is 15.5. The fourth-order valence-electron chi connectivity index (χ4n) is 4.05. The molecule has 1 aliphatic rings. The second-order valence-electron chi connectivity index (χ2n) is 7.69. The number of aromatic nitrogens is 1. The molecule has 3 aromatic rings. The summed E-state index contributed by atoms with van der Waals surface area (Å²) in [7, 11) is 2.85. The number of ether oxygens (including phenoxy) is 2. The van der Waals surface area contributed by atoms with Crippen LogP contribution in [-0.4, -0.2) is 63.8 Å². The quantitative estimate of drug-likeness (QED) is 0.504. The van der Waals surface area contributed by atoms with E-state index >= 15 is 0 Å². The molecule has 0 spiro atoms. The summed E-state index contributed by atoms with van der Waals surface area (Å²) in [5.74, 6) is -0.382. The lowest BCUT2D eigenvalue weighted by molar-refractivity contribution is -0.892. The number of nitrogens with zero attached hydrogens (tertiary/aromatic N) is 1. The van der Waals surface area contributed by atoms with Gasteiger partial charge < -0.3 is 29.6 Å². The van der Waals surface area contributed by atoms with Crippen LogP contribution in [0.4, 0.5) is 15.8 Å². The van der Waals surface area contributed by atoms with Gasteiger partial charge in [0.15, 0.2) is 6.54 Å². The summed E-state index contributed by atoms with van der Waals surface area (Å²) < 4.78 is 24.1. The molecule has 3 N–H and O–H groups in total. The van der Waals surface area contributed by atoms with Crippen molar-refractivity contribution in [3.05, 3.63) is 54.0 Å². The zero-order valence-electron chi connectivity index (χ0n) is 18.0. The summed E-state index contributed by atoms with van der Waals surface area (Å²) in [5.41, 5.74) is 1.83. The van der Waals surface area contributed by atoms with Gasteiger partial charge in [0.1, 0.15) is 17.3 Å². The number of rotatable bonds is 6. The first-order valence-electron chi connectivity index (χ1n) is 10.4. The van der Waals surface area contributed by atoms with Crippen molar-refractivity contribution in [1.29, 1.82) is 0 Å². The van der Waals surface area contributed by atoms with Gasteiger partial charge in [-0.05, 0) is 24.3 Å². The Labute approximate surface area is 184 Å². The lowest BCUT2D eigenvalue weighted by Gasteiger charge is -2.33. The molecule has 1 aliphatic heterocycles. The topological polar surface area (TPSA) is 88.1 Å². The highest BCUT2D eigenvalue weighted by molar-refractivity contribution is 6.11. The van der Waals surface area contributed by atoms with Crippen LogP contribution in [0.15, 0.2) is 42.5 Å². The molecule has 1 aromatic heterocycles. The minimum absolute atomic E-state index is 0.184. The minimum Gasteiger partial charge on any atom is -0.497 e. The molecule has 0 saturated carbocycles. The lowest BCUT2D eigenvalue weighted by Crippen LogP contribution is -3.15. The largest absolute Gasteiger partial charge is 0.497 e. The summed E-state index contributed by atoms with van der Waals surface area (Å²) >= 11 is 0. The van der Waals surface area contributed by atoms with E-state index in [9.17, 15) is 14.0 Å². The number of nitrogens with one attached hydrogen (secondary N) is 3. The molecule has 32 heavy (non-hydrogen) atoms. The van der Waals surface area contributed by atoms with Gasteiger partial charge in [0.25, 0.3) is 5.91 Å². The summed E-state index contributed by atoms with van der Waals surface area (Å²) in [4.78, 5) is 31.2. The number of halogens is 1. The Morgan fingerprint density at radius 3 is 2.59 bits per heavy atom. The van der Waals surface area contributed by atoms with Crippen LogP contribution in [0.1, 0.15) is 10.5 Å². The SMILES string of the molecule is COC(=O)c1[nH]c2cc(OC)ccc2c1NC(=O)C[NH+]1CCN(c2ccccc2F)CC1. The minimum atomic E-state index is -0.568. The summed E-state index contributed by atoms with van der Waals surface area (Å²) in [6.45, 7) is 2.97. The number of amides is 1. The summed E-state index contributed by atoms with van der Waals surface area (Å²) in [6, 6.07) is 12.0. The van der Waals surface area contributed by atoms with Crippen molar-refractivity contribution in [3.63, 3.8) is 0 Å². The number of benzene rings is 2. The highest BCUT2D eigenvalue weighted by Crippen LogP contribution is 2.31. The smallest absolute Gasteiger partial charge is 0.356 e. The van der Waals surface area contributed by atoms with Crippen LogP contribution in [0.25, 0.3) is 10.9 Å². The maximum absolute atomic E-state index is 14.0.